The topological polar surface area (TPSA) is 100 Å². The molecule has 1 saturated carbocycles. The van der Waals surface area contributed by atoms with Crippen LogP contribution in [0, 0.1) is 16.0 Å². The normalized spacial score (nSPS) is 17.9. The molecule has 0 aliphatic heterocycles. The van der Waals surface area contributed by atoms with Crippen LogP contribution < -0.4 is 15.5 Å². The number of para-hydroxylation sites is 1. The second-order valence-corrected chi connectivity index (χ2v) is 9.34. The minimum absolute atomic E-state index is 0.0194. The van der Waals surface area contributed by atoms with Gasteiger partial charge in [0.05, 0.1) is 10.4 Å². The van der Waals surface area contributed by atoms with Crippen molar-refractivity contribution in [2.24, 2.45) is 5.92 Å². The number of nitro groups is 1. The van der Waals surface area contributed by atoms with Crippen molar-refractivity contribution in [3.05, 3.63) is 69.2 Å². The lowest BCUT2D eigenvalue weighted by Crippen LogP contribution is -2.34. The van der Waals surface area contributed by atoms with E-state index in [9.17, 15) is 14.9 Å². The van der Waals surface area contributed by atoms with Gasteiger partial charge in [0.2, 0.25) is 0 Å². The molecule has 0 unspecified atom stereocenters. The molecule has 0 bridgehead atoms. The van der Waals surface area contributed by atoms with Gasteiger partial charge in [-0.1, -0.05) is 29.8 Å². The predicted molar refractivity (Wildman–Crippen MR) is 136 cm³/mol. The van der Waals surface area contributed by atoms with Gasteiger partial charge in [0.25, 0.3) is 11.6 Å². The highest BCUT2D eigenvalue weighted by atomic mass is 35.5. The number of halogens is 1. The number of nitrogens with one attached hydrogen (secondary N) is 2. The number of pyridine rings is 1. The smallest absolute Gasteiger partial charge is 0.288 e. The highest BCUT2D eigenvalue weighted by Crippen LogP contribution is 2.30. The van der Waals surface area contributed by atoms with Crippen molar-refractivity contribution >= 4 is 45.6 Å². The van der Waals surface area contributed by atoms with Gasteiger partial charge in [-0.2, -0.15) is 0 Å². The fourth-order valence-electron chi connectivity index (χ4n) is 4.45. The SMILES string of the molecule is CN(C)c1cc(N[C@H]2CC[C@@H](CNC(=O)c3ccc(Cl)c([N+](=O)[O-])c3)CC2)nc2ccccc12. The fourth-order valence-corrected chi connectivity index (χ4v) is 4.64. The maximum Gasteiger partial charge on any atom is 0.288 e. The minimum atomic E-state index is -0.584. The molecule has 9 heteroatoms. The summed E-state index contributed by atoms with van der Waals surface area (Å²) in [7, 11) is 4.07. The number of rotatable bonds is 7. The van der Waals surface area contributed by atoms with Crippen LogP contribution in [0.5, 0.6) is 0 Å². The van der Waals surface area contributed by atoms with Gasteiger partial charge >= 0.3 is 0 Å². The quantitative estimate of drug-likeness (QED) is 0.352. The maximum absolute atomic E-state index is 12.5. The number of carbonyl (C=O) groups excluding carboxylic acids is 1. The van der Waals surface area contributed by atoms with Gasteiger partial charge in [0.15, 0.2) is 0 Å². The van der Waals surface area contributed by atoms with E-state index in [0.29, 0.717) is 18.5 Å². The van der Waals surface area contributed by atoms with E-state index < -0.39 is 4.92 Å². The Kier molecular flexibility index (Phi) is 7.17. The Hall–Kier alpha value is -3.39. The van der Waals surface area contributed by atoms with Crippen molar-refractivity contribution in [2.45, 2.75) is 31.7 Å². The number of benzene rings is 2. The molecule has 178 valence electrons. The molecule has 1 aliphatic carbocycles. The maximum atomic E-state index is 12.5. The number of amides is 1. The summed E-state index contributed by atoms with van der Waals surface area (Å²) < 4.78 is 0. The molecule has 1 aromatic heterocycles. The zero-order valence-corrected chi connectivity index (χ0v) is 20.0. The first-order valence-electron chi connectivity index (χ1n) is 11.4. The highest BCUT2D eigenvalue weighted by Gasteiger charge is 2.23. The average Bonchev–Trinajstić information content (AvgIpc) is 2.83. The number of carbonyl (C=O) groups is 1. The lowest BCUT2D eigenvalue weighted by molar-refractivity contribution is -0.384. The zero-order chi connectivity index (χ0) is 24.2. The molecular weight excluding hydrogens is 454 g/mol. The summed E-state index contributed by atoms with van der Waals surface area (Å²) in [6.07, 6.45) is 3.93. The Balaban J connectivity index is 1.31. The number of aromatic nitrogens is 1. The lowest BCUT2D eigenvalue weighted by atomic mass is 9.86. The van der Waals surface area contributed by atoms with Crippen molar-refractivity contribution in [3.63, 3.8) is 0 Å². The molecule has 4 rings (SSSR count). The van der Waals surface area contributed by atoms with Crippen molar-refractivity contribution in [1.82, 2.24) is 10.3 Å². The number of hydrogen-bond acceptors (Lipinski definition) is 6. The summed E-state index contributed by atoms with van der Waals surface area (Å²) in [5.41, 5.74) is 2.08. The molecule has 2 N–H and O–H groups in total. The molecular formula is C25H28ClN5O3. The van der Waals surface area contributed by atoms with Gasteiger partial charge in [0.1, 0.15) is 10.8 Å². The molecule has 0 saturated heterocycles. The molecule has 0 spiro atoms. The van der Waals surface area contributed by atoms with Gasteiger partial charge in [0, 0.05) is 55.5 Å². The fraction of sp³-hybridized carbons (Fsp3) is 0.360. The predicted octanol–water partition coefficient (Wildman–Crippen LogP) is 5.26. The van der Waals surface area contributed by atoms with Crippen LogP contribution >= 0.6 is 11.6 Å². The average molecular weight is 482 g/mol. The summed E-state index contributed by atoms with van der Waals surface area (Å²) in [6, 6.07) is 14.7. The van der Waals surface area contributed by atoms with Crippen LogP contribution in [0.3, 0.4) is 0 Å². The van der Waals surface area contributed by atoms with Gasteiger partial charge in [-0.3, -0.25) is 14.9 Å². The Labute approximate surface area is 203 Å². The largest absolute Gasteiger partial charge is 0.377 e. The molecule has 1 fully saturated rings. The zero-order valence-electron chi connectivity index (χ0n) is 19.3. The lowest BCUT2D eigenvalue weighted by Gasteiger charge is -2.30. The van der Waals surface area contributed by atoms with E-state index in [1.54, 1.807) is 0 Å². The number of anilines is 2. The Morgan fingerprint density at radius 3 is 2.59 bits per heavy atom. The monoisotopic (exact) mass is 481 g/mol. The minimum Gasteiger partial charge on any atom is -0.377 e. The Morgan fingerprint density at radius 2 is 1.88 bits per heavy atom. The first-order chi connectivity index (χ1) is 16.3. The molecule has 0 atom stereocenters. The summed E-state index contributed by atoms with van der Waals surface area (Å²) in [5, 5.41) is 18.7. The van der Waals surface area contributed by atoms with Gasteiger partial charge in [-0.15, -0.1) is 0 Å². The van der Waals surface area contributed by atoms with Crippen LogP contribution in [-0.4, -0.2) is 42.5 Å². The third-order valence-corrected chi connectivity index (χ3v) is 6.65. The van der Waals surface area contributed by atoms with Gasteiger partial charge in [-0.05, 0) is 49.8 Å². The van der Waals surface area contributed by atoms with E-state index in [-0.39, 0.29) is 22.2 Å². The van der Waals surface area contributed by atoms with Gasteiger partial charge < -0.3 is 15.5 Å². The summed E-state index contributed by atoms with van der Waals surface area (Å²) >= 11 is 5.83. The van der Waals surface area contributed by atoms with Gasteiger partial charge in [-0.25, -0.2) is 4.98 Å². The van der Waals surface area contributed by atoms with Crippen molar-refractivity contribution in [2.75, 3.05) is 30.9 Å². The van der Waals surface area contributed by atoms with E-state index in [1.165, 1.54) is 18.2 Å². The van der Waals surface area contributed by atoms with E-state index >= 15 is 0 Å². The molecule has 34 heavy (non-hydrogen) atoms. The van der Waals surface area contributed by atoms with Crippen LogP contribution in [0.25, 0.3) is 10.9 Å². The first-order valence-corrected chi connectivity index (χ1v) is 11.8. The summed E-state index contributed by atoms with van der Waals surface area (Å²) in [5.74, 6) is 0.922. The third kappa shape index (κ3) is 5.39. The second kappa shape index (κ2) is 10.3. The van der Waals surface area contributed by atoms with E-state index in [0.717, 1.165) is 48.1 Å². The molecule has 0 radical (unpaired) electrons. The highest BCUT2D eigenvalue weighted by molar-refractivity contribution is 6.32. The number of hydrogen-bond donors (Lipinski definition) is 2. The third-order valence-electron chi connectivity index (χ3n) is 6.33. The molecule has 1 heterocycles. The Morgan fingerprint density at radius 1 is 1.15 bits per heavy atom. The number of fused-ring (bicyclic) bond motifs is 1. The number of nitro benzene ring substituents is 1. The first kappa shape index (κ1) is 23.8. The van der Waals surface area contributed by atoms with Crippen molar-refractivity contribution < 1.29 is 9.72 Å². The molecule has 1 aliphatic rings. The van der Waals surface area contributed by atoms with E-state index in [2.05, 4.69) is 27.7 Å². The molecule has 2 aromatic carbocycles. The van der Waals surface area contributed by atoms with Crippen LogP contribution in [-0.2, 0) is 0 Å². The van der Waals surface area contributed by atoms with Crippen LogP contribution in [0.4, 0.5) is 17.2 Å². The van der Waals surface area contributed by atoms with E-state index in [1.807, 2.05) is 32.3 Å². The molecule has 1 amide bonds. The molecule has 3 aromatic rings. The summed E-state index contributed by atoms with van der Waals surface area (Å²) in [4.78, 5) is 29.8. The standard InChI is InChI=1S/C25H28ClN5O3/c1-30(2)22-14-24(29-21-6-4-3-5-19(21)22)28-18-10-7-16(8-11-18)15-27-25(32)17-9-12-20(26)23(13-17)31(33)34/h3-6,9,12-14,16,18H,7-8,10-11,15H2,1-2H3,(H,27,32)(H,28,29)/t16-,18+. The van der Waals surface area contributed by atoms with Crippen LogP contribution in [0.2, 0.25) is 5.02 Å². The molecule has 8 nitrogen and oxygen atoms in total. The van der Waals surface area contributed by atoms with Crippen molar-refractivity contribution in [3.8, 4) is 0 Å². The van der Waals surface area contributed by atoms with Crippen LogP contribution in [0.1, 0.15) is 36.0 Å². The summed E-state index contributed by atoms with van der Waals surface area (Å²) in [6.45, 7) is 0.543. The number of nitrogens with zero attached hydrogens (tertiary/aromatic N) is 3. The van der Waals surface area contributed by atoms with Crippen molar-refractivity contribution in [1.29, 1.82) is 0 Å². The van der Waals surface area contributed by atoms with E-state index in [4.69, 9.17) is 16.6 Å². The Bertz CT molecular complexity index is 1210. The van der Waals surface area contributed by atoms with Crippen LogP contribution in [0.15, 0.2) is 48.5 Å². The second-order valence-electron chi connectivity index (χ2n) is 8.93.